The Morgan fingerprint density at radius 3 is 2.32 bits per heavy atom. The number of methoxy groups -OCH3 is 2. The lowest BCUT2D eigenvalue weighted by Gasteiger charge is -2.32. The number of amides is 2. The largest absolute Gasteiger partial charge is 0.497 e. The summed E-state index contributed by atoms with van der Waals surface area (Å²) in [4.78, 5) is 26.9. The van der Waals surface area contributed by atoms with Gasteiger partial charge in [0, 0.05) is 19.1 Å². The van der Waals surface area contributed by atoms with Crippen LogP contribution >= 0.6 is 0 Å². The van der Waals surface area contributed by atoms with Crippen LogP contribution in [0.2, 0.25) is 0 Å². The summed E-state index contributed by atoms with van der Waals surface area (Å²) in [6.45, 7) is 1.23. The molecule has 0 aromatic heterocycles. The summed E-state index contributed by atoms with van der Waals surface area (Å²) in [5, 5.41) is 3.08. The highest BCUT2D eigenvalue weighted by molar-refractivity contribution is 5.97. The fourth-order valence-electron chi connectivity index (χ4n) is 3.43. The first-order chi connectivity index (χ1) is 13.6. The highest BCUT2D eigenvalue weighted by Crippen LogP contribution is 2.21. The Bertz CT molecular complexity index is 812. The lowest BCUT2D eigenvalue weighted by atomic mass is 10.0. The molecule has 1 heterocycles. The van der Waals surface area contributed by atoms with Crippen molar-refractivity contribution in [2.75, 3.05) is 27.3 Å². The number of carbonyl (C=O) groups excluding carboxylic acids is 2. The molecular formula is C22H26N2O4. The third-order valence-electron chi connectivity index (χ3n) is 5.01. The maximum Gasteiger partial charge on any atom is 0.257 e. The van der Waals surface area contributed by atoms with E-state index in [2.05, 4.69) is 5.32 Å². The summed E-state index contributed by atoms with van der Waals surface area (Å²) in [7, 11) is 3.18. The zero-order chi connectivity index (χ0) is 19.9. The highest BCUT2D eigenvalue weighted by Gasteiger charge is 2.26. The van der Waals surface area contributed by atoms with Crippen molar-refractivity contribution in [1.29, 1.82) is 0 Å². The molecule has 0 atom stereocenters. The lowest BCUT2D eigenvalue weighted by molar-refractivity contribution is -0.121. The molecule has 1 fully saturated rings. The van der Waals surface area contributed by atoms with Crippen LogP contribution in [-0.2, 0) is 11.2 Å². The Morgan fingerprint density at radius 2 is 1.68 bits per heavy atom. The van der Waals surface area contributed by atoms with Crippen molar-refractivity contribution in [3.63, 3.8) is 0 Å². The first kappa shape index (κ1) is 19.7. The van der Waals surface area contributed by atoms with Gasteiger partial charge in [-0.3, -0.25) is 9.59 Å². The van der Waals surface area contributed by atoms with Crippen molar-refractivity contribution >= 4 is 11.8 Å². The van der Waals surface area contributed by atoms with Gasteiger partial charge in [0.25, 0.3) is 5.91 Å². The molecule has 0 aliphatic carbocycles. The van der Waals surface area contributed by atoms with E-state index in [1.807, 2.05) is 41.3 Å². The highest BCUT2D eigenvalue weighted by atomic mass is 16.5. The molecule has 0 saturated carbocycles. The lowest BCUT2D eigenvalue weighted by Crippen LogP contribution is -2.46. The summed E-state index contributed by atoms with van der Waals surface area (Å²) in [6, 6.07) is 14.8. The van der Waals surface area contributed by atoms with Gasteiger partial charge < -0.3 is 19.7 Å². The zero-order valence-electron chi connectivity index (χ0n) is 16.3. The number of rotatable bonds is 6. The van der Waals surface area contributed by atoms with Crippen LogP contribution in [0.4, 0.5) is 0 Å². The van der Waals surface area contributed by atoms with Gasteiger partial charge in [0.05, 0.1) is 26.2 Å². The molecule has 0 spiro atoms. The Labute approximate surface area is 165 Å². The van der Waals surface area contributed by atoms with Crippen molar-refractivity contribution in [3.8, 4) is 11.5 Å². The summed E-state index contributed by atoms with van der Waals surface area (Å²) in [5.41, 5.74) is 1.52. The second kappa shape index (κ2) is 9.26. The average molecular weight is 382 g/mol. The first-order valence-electron chi connectivity index (χ1n) is 9.45. The van der Waals surface area contributed by atoms with Gasteiger partial charge in [0.2, 0.25) is 5.91 Å². The first-order valence-corrected chi connectivity index (χ1v) is 9.45. The minimum absolute atomic E-state index is 0.000304. The Balaban J connectivity index is 1.49. The van der Waals surface area contributed by atoms with Crippen LogP contribution in [0.15, 0.2) is 48.5 Å². The van der Waals surface area contributed by atoms with Crippen LogP contribution < -0.4 is 14.8 Å². The molecule has 6 heteroatoms. The van der Waals surface area contributed by atoms with E-state index in [0.29, 0.717) is 30.8 Å². The van der Waals surface area contributed by atoms with E-state index in [1.165, 1.54) is 0 Å². The van der Waals surface area contributed by atoms with E-state index >= 15 is 0 Å². The van der Waals surface area contributed by atoms with Crippen molar-refractivity contribution < 1.29 is 19.1 Å². The van der Waals surface area contributed by atoms with Crippen molar-refractivity contribution in [2.24, 2.45) is 0 Å². The van der Waals surface area contributed by atoms with Crippen LogP contribution in [-0.4, -0.2) is 50.1 Å². The molecule has 0 radical (unpaired) electrons. The van der Waals surface area contributed by atoms with Crippen LogP contribution in [0.25, 0.3) is 0 Å². The molecule has 2 aromatic carbocycles. The SMILES string of the molecule is COc1ccc(CC(=O)NC2CCN(C(=O)c3ccccc3OC)CC2)cc1. The molecule has 0 unspecified atom stereocenters. The summed E-state index contributed by atoms with van der Waals surface area (Å²) < 4.78 is 10.4. The maximum absolute atomic E-state index is 12.8. The number of hydrogen-bond donors (Lipinski definition) is 1. The average Bonchev–Trinajstić information content (AvgIpc) is 2.74. The van der Waals surface area contributed by atoms with Gasteiger partial charge in [-0.05, 0) is 42.7 Å². The molecule has 3 rings (SSSR count). The number of piperidine rings is 1. The third kappa shape index (κ3) is 4.82. The van der Waals surface area contributed by atoms with E-state index < -0.39 is 0 Å². The van der Waals surface area contributed by atoms with Crippen molar-refractivity contribution in [1.82, 2.24) is 10.2 Å². The number of nitrogens with one attached hydrogen (secondary N) is 1. The second-order valence-corrected chi connectivity index (χ2v) is 6.86. The second-order valence-electron chi connectivity index (χ2n) is 6.86. The smallest absolute Gasteiger partial charge is 0.257 e. The Kier molecular flexibility index (Phi) is 6.53. The van der Waals surface area contributed by atoms with E-state index in [-0.39, 0.29) is 17.9 Å². The number of likely N-dealkylation sites (tertiary alicyclic amines) is 1. The van der Waals surface area contributed by atoms with Gasteiger partial charge in [-0.25, -0.2) is 0 Å². The van der Waals surface area contributed by atoms with Crippen molar-refractivity contribution in [2.45, 2.75) is 25.3 Å². The fourth-order valence-corrected chi connectivity index (χ4v) is 3.43. The summed E-state index contributed by atoms with van der Waals surface area (Å²) in [6.07, 6.45) is 1.83. The van der Waals surface area contributed by atoms with Gasteiger partial charge in [-0.1, -0.05) is 24.3 Å². The summed E-state index contributed by atoms with van der Waals surface area (Å²) >= 11 is 0. The number of nitrogens with zero attached hydrogens (tertiary/aromatic N) is 1. The number of carbonyl (C=O) groups is 2. The van der Waals surface area contributed by atoms with Crippen LogP contribution in [0.3, 0.4) is 0 Å². The molecule has 2 aromatic rings. The summed E-state index contributed by atoms with van der Waals surface area (Å²) in [5.74, 6) is 1.33. The van der Waals surface area contributed by atoms with E-state index in [0.717, 1.165) is 24.2 Å². The number of ether oxygens (including phenoxy) is 2. The van der Waals surface area contributed by atoms with Gasteiger partial charge in [0.1, 0.15) is 11.5 Å². The predicted molar refractivity (Wildman–Crippen MR) is 107 cm³/mol. The molecule has 1 N–H and O–H groups in total. The molecule has 148 valence electrons. The van der Waals surface area contributed by atoms with Crippen molar-refractivity contribution in [3.05, 3.63) is 59.7 Å². The Hall–Kier alpha value is -3.02. The van der Waals surface area contributed by atoms with Gasteiger partial charge >= 0.3 is 0 Å². The number of hydrogen-bond acceptors (Lipinski definition) is 4. The minimum Gasteiger partial charge on any atom is -0.497 e. The maximum atomic E-state index is 12.8. The third-order valence-corrected chi connectivity index (χ3v) is 5.01. The van der Waals surface area contributed by atoms with E-state index in [1.54, 1.807) is 26.4 Å². The molecule has 2 amide bonds. The van der Waals surface area contributed by atoms with Crippen LogP contribution in [0, 0.1) is 0 Å². The normalized spacial score (nSPS) is 14.4. The molecule has 0 bridgehead atoms. The standard InChI is InChI=1S/C22H26N2O4/c1-27-18-9-7-16(8-10-18)15-21(25)23-17-11-13-24(14-12-17)22(26)19-5-3-4-6-20(19)28-2/h3-10,17H,11-15H2,1-2H3,(H,23,25). The zero-order valence-corrected chi connectivity index (χ0v) is 16.3. The quantitative estimate of drug-likeness (QED) is 0.834. The minimum atomic E-state index is -0.0274. The monoisotopic (exact) mass is 382 g/mol. The topological polar surface area (TPSA) is 67.9 Å². The number of para-hydroxylation sites is 1. The fraction of sp³-hybridized carbons (Fsp3) is 0.364. The van der Waals surface area contributed by atoms with E-state index in [4.69, 9.17) is 9.47 Å². The predicted octanol–water partition coefficient (Wildman–Crippen LogP) is 2.67. The molecule has 6 nitrogen and oxygen atoms in total. The molecule has 1 saturated heterocycles. The van der Waals surface area contributed by atoms with Crippen LogP contribution in [0.1, 0.15) is 28.8 Å². The molecule has 1 aliphatic heterocycles. The molecule has 1 aliphatic rings. The van der Waals surface area contributed by atoms with Gasteiger partial charge in [-0.15, -0.1) is 0 Å². The molecule has 28 heavy (non-hydrogen) atoms. The van der Waals surface area contributed by atoms with Crippen LogP contribution in [0.5, 0.6) is 11.5 Å². The van der Waals surface area contributed by atoms with E-state index in [9.17, 15) is 9.59 Å². The number of benzene rings is 2. The van der Waals surface area contributed by atoms with Gasteiger partial charge in [-0.2, -0.15) is 0 Å². The van der Waals surface area contributed by atoms with Gasteiger partial charge in [0.15, 0.2) is 0 Å². The Morgan fingerprint density at radius 1 is 1.00 bits per heavy atom. The molecular weight excluding hydrogens is 356 g/mol.